The Morgan fingerprint density at radius 3 is 2.33 bits per heavy atom. The van der Waals surface area contributed by atoms with Crippen molar-refractivity contribution in [2.45, 2.75) is 13.3 Å². The van der Waals surface area contributed by atoms with Crippen LogP contribution in [0.2, 0.25) is 0 Å². The Hall–Kier alpha value is -3.07. The van der Waals surface area contributed by atoms with Crippen molar-refractivity contribution in [1.29, 1.82) is 0 Å². The third-order valence-corrected chi connectivity index (χ3v) is 5.55. The number of nitrogens with one attached hydrogen (secondary N) is 1. The monoisotopic (exact) mass is 434 g/mol. The molecular formula is C21H26N2O6S. The van der Waals surface area contributed by atoms with E-state index in [0.717, 1.165) is 16.1 Å². The number of ether oxygens (including phenoxy) is 2. The highest BCUT2D eigenvalue weighted by atomic mass is 32.2. The molecule has 0 heterocycles. The van der Waals surface area contributed by atoms with Crippen molar-refractivity contribution in [2.75, 3.05) is 37.9 Å². The number of hydrogen-bond donors (Lipinski definition) is 1. The lowest BCUT2D eigenvalue weighted by atomic mass is 10.1. The lowest BCUT2D eigenvalue weighted by Gasteiger charge is -2.22. The topological polar surface area (TPSA) is 102 Å². The van der Waals surface area contributed by atoms with Gasteiger partial charge in [0.25, 0.3) is 0 Å². The Morgan fingerprint density at radius 1 is 1.03 bits per heavy atom. The number of Topliss-reactive ketones (excluding diaryl/α,β-unsaturated/α-hetero) is 1. The molecule has 0 fully saturated rings. The third kappa shape index (κ3) is 6.21. The molecule has 162 valence electrons. The van der Waals surface area contributed by atoms with E-state index in [2.05, 4.69) is 5.32 Å². The highest BCUT2D eigenvalue weighted by Gasteiger charge is 2.21. The molecule has 0 aromatic heterocycles. The predicted molar refractivity (Wildman–Crippen MR) is 115 cm³/mol. The smallest absolute Gasteiger partial charge is 0.240 e. The largest absolute Gasteiger partial charge is 0.493 e. The van der Waals surface area contributed by atoms with E-state index < -0.39 is 15.9 Å². The van der Waals surface area contributed by atoms with Crippen LogP contribution in [0.4, 0.5) is 5.69 Å². The molecule has 2 aromatic carbocycles. The van der Waals surface area contributed by atoms with Gasteiger partial charge in [-0.15, -0.1) is 0 Å². The van der Waals surface area contributed by atoms with E-state index in [4.69, 9.17) is 9.47 Å². The van der Waals surface area contributed by atoms with Crippen LogP contribution in [0.3, 0.4) is 0 Å². The molecule has 8 nitrogen and oxygen atoms in total. The summed E-state index contributed by atoms with van der Waals surface area (Å²) in [6.07, 6.45) is 1.55. The predicted octanol–water partition coefficient (Wildman–Crippen LogP) is 2.03. The first-order valence-corrected chi connectivity index (χ1v) is 11.1. The number of carbonyl (C=O) groups is 2. The average Bonchev–Trinajstić information content (AvgIpc) is 2.71. The highest BCUT2D eigenvalue weighted by Crippen LogP contribution is 2.27. The van der Waals surface area contributed by atoms with Gasteiger partial charge in [0.15, 0.2) is 17.3 Å². The van der Waals surface area contributed by atoms with Crippen molar-refractivity contribution in [3.63, 3.8) is 0 Å². The van der Waals surface area contributed by atoms with Gasteiger partial charge in [-0.05, 0) is 43.2 Å². The molecule has 2 rings (SSSR count). The molecule has 2 aromatic rings. The molecular weight excluding hydrogens is 408 g/mol. The summed E-state index contributed by atoms with van der Waals surface area (Å²) < 4.78 is 35.9. The first-order valence-electron chi connectivity index (χ1n) is 9.22. The summed E-state index contributed by atoms with van der Waals surface area (Å²) in [5.74, 6) is 0.565. The number of sulfonamides is 1. The van der Waals surface area contributed by atoms with Gasteiger partial charge in [-0.1, -0.05) is 18.2 Å². The van der Waals surface area contributed by atoms with Crippen molar-refractivity contribution in [3.8, 4) is 11.5 Å². The molecule has 0 aliphatic heterocycles. The van der Waals surface area contributed by atoms with Gasteiger partial charge in [0.1, 0.15) is 6.54 Å². The van der Waals surface area contributed by atoms with Crippen LogP contribution in [0.25, 0.3) is 0 Å². The Balaban J connectivity index is 2.04. The Morgan fingerprint density at radius 2 is 1.73 bits per heavy atom. The molecule has 0 radical (unpaired) electrons. The average molecular weight is 435 g/mol. The molecule has 0 spiro atoms. The number of amides is 1. The van der Waals surface area contributed by atoms with Crippen molar-refractivity contribution >= 4 is 27.4 Å². The van der Waals surface area contributed by atoms with Crippen LogP contribution in [0.15, 0.2) is 42.5 Å². The van der Waals surface area contributed by atoms with Gasteiger partial charge in [0, 0.05) is 12.1 Å². The quantitative estimate of drug-likeness (QED) is 0.574. The molecule has 0 unspecified atom stereocenters. The zero-order chi connectivity index (χ0) is 22.3. The number of hydrogen-bond acceptors (Lipinski definition) is 6. The molecule has 0 saturated heterocycles. The first kappa shape index (κ1) is 23.2. The van der Waals surface area contributed by atoms with E-state index in [1.54, 1.807) is 38.5 Å². The van der Waals surface area contributed by atoms with E-state index in [1.165, 1.54) is 13.0 Å². The van der Waals surface area contributed by atoms with Crippen LogP contribution in [-0.4, -0.2) is 53.7 Å². The maximum Gasteiger partial charge on any atom is 0.240 e. The number of methoxy groups -OCH3 is 2. The van der Waals surface area contributed by atoms with Gasteiger partial charge in [-0.25, -0.2) is 8.42 Å². The third-order valence-electron chi connectivity index (χ3n) is 4.41. The fourth-order valence-corrected chi connectivity index (χ4v) is 3.70. The second kappa shape index (κ2) is 10.1. The molecule has 30 heavy (non-hydrogen) atoms. The van der Waals surface area contributed by atoms with Gasteiger partial charge in [0.05, 0.1) is 26.2 Å². The number of rotatable bonds is 10. The van der Waals surface area contributed by atoms with E-state index in [0.29, 0.717) is 30.0 Å². The van der Waals surface area contributed by atoms with Crippen molar-refractivity contribution < 1.29 is 27.5 Å². The second-order valence-electron chi connectivity index (χ2n) is 6.67. The summed E-state index contributed by atoms with van der Waals surface area (Å²) >= 11 is 0. The molecule has 0 bridgehead atoms. The van der Waals surface area contributed by atoms with Crippen LogP contribution in [0, 0.1) is 0 Å². The number of anilines is 1. The number of carbonyl (C=O) groups excluding carboxylic acids is 2. The van der Waals surface area contributed by atoms with Crippen molar-refractivity contribution in [1.82, 2.24) is 5.32 Å². The van der Waals surface area contributed by atoms with Crippen LogP contribution in [0.1, 0.15) is 22.8 Å². The zero-order valence-electron chi connectivity index (χ0n) is 17.5. The fourth-order valence-electron chi connectivity index (χ4n) is 2.85. The normalized spacial score (nSPS) is 10.9. The maximum absolute atomic E-state index is 12.4. The van der Waals surface area contributed by atoms with Crippen LogP contribution < -0.4 is 19.1 Å². The molecule has 0 aliphatic carbocycles. The van der Waals surface area contributed by atoms with Crippen LogP contribution >= 0.6 is 0 Å². The molecule has 9 heteroatoms. The minimum Gasteiger partial charge on any atom is -0.493 e. The number of nitrogens with zero attached hydrogens (tertiary/aromatic N) is 1. The van der Waals surface area contributed by atoms with E-state index in [1.807, 2.05) is 12.1 Å². The van der Waals surface area contributed by atoms with Crippen molar-refractivity contribution in [2.24, 2.45) is 0 Å². The first-order chi connectivity index (χ1) is 14.2. The van der Waals surface area contributed by atoms with E-state index in [9.17, 15) is 18.0 Å². The van der Waals surface area contributed by atoms with Crippen LogP contribution in [-0.2, 0) is 21.2 Å². The SMILES string of the molecule is COc1ccc(CCNC(=O)CN(c2cccc(C(C)=O)c2)S(C)(=O)=O)cc1OC. The number of benzene rings is 2. The summed E-state index contributed by atoms with van der Waals surface area (Å²) in [6, 6.07) is 11.6. The fraction of sp³-hybridized carbons (Fsp3) is 0.333. The summed E-state index contributed by atoms with van der Waals surface area (Å²) in [4.78, 5) is 24.0. The summed E-state index contributed by atoms with van der Waals surface area (Å²) in [5, 5.41) is 2.72. The van der Waals surface area contributed by atoms with Gasteiger partial charge in [-0.2, -0.15) is 0 Å². The van der Waals surface area contributed by atoms with Gasteiger partial charge in [0.2, 0.25) is 15.9 Å². The zero-order valence-corrected chi connectivity index (χ0v) is 18.3. The van der Waals surface area contributed by atoms with Gasteiger partial charge < -0.3 is 14.8 Å². The van der Waals surface area contributed by atoms with Gasteiger partial charge in [-0.3, -0.25) is 13.9 Å². The molecule has 1 N–H and O–H groups in total. The lowest BCUT2D eigenvalue weighted by Crippen LogP contribution is -2.41. The summed E-state index contributed by atoms with van der Waals surface area (Å²) in [7, 11) is -0.620. The number of ketones is 1. The van der Waals surface area contributed by atoms with E-state index in [-0.39, 0.29) is 18.0 Å². The Bertz CT molecular complexity index is 1020. The Labute approximate surface area is 176 Å². The molecule has 0 saturated carbocycles. The molecule has 0 aliphatic rings. The van der Waals surface area contributed by atoms with Crippen molar-refractivity contribution in [3.05, 3.63) is 53.6 Å². The minimum atomic E-state index is -3.72. The summed E-state index contributed by atoms with van der Waals surface area (Å²) in [6.45, 7) is 1.33. The van der Waals surface area contributed by atoms with Crippen LogP contribution in [0.5, 0.6) is 11.5 Å². The molecule has 1 amide bonds. The standard InChI is InChI=1S/C21H26N2O6S/c1-15(24)17-6-5-7-18(13-17)23(30(4,26)27)14-21(25)22-11-10-16-8-9-19(28-2)20(12-16)29-3/h5-9,12-13H,10-11,14H2,1-4H3,(H,22,25). The second-order valence-corrected chi connectivity index (χ2v) is 8.57. The maximum atomic E-state index is 12.4. The summed E-state index contributed by atoms with van der Waals surface area (Å²) in [5.41, 5.74) is 1.57. The van der Waals surface area contributed by atoms with Gasteiger partial charge >= 0.3 is 0 Å². The molecule has 0 atom stereocenters. The Kier molecular flexibility index (Phi) is 7.82. The highest BCUT2D eigenvalue weighted by molar-refractivity contribution is 7.92. The van der Waals surface area contributed by atoms with E-state index >= 15 is 0 Å². The lowest BCUT2D eigenvalue weighted by molar-refractivity contribution is -0.119. The minimum absolute atomic E-state index is 0.190.